The number of carbonyl (C=O) groups excluding carboxylic acids is 2. The first-order chi connectivity index (χ1) is 12.1. The van der Waals surface area contributed by atoms with Crippen molar-refractivity contribution in [3.63, 3.8) is 0 Å². The number of benzene rings is 1. The topological polar surface area (TPSA) is 59.1 Å². The molecule has 136 valence electrons. The fourth-order valence-electron chi connectivity index (χ4n) is 3.91. The van der Waals surface area contributed by atoms with Crippen molar-refractivity contribution in [3.8, 4) is 11.5 Å². The van der Waals surface area contributed by atoms with Gasteiger partial charge in [0, 0.05) is 26.1 Å². The van der Waals surface area contributed by atoms with Gasteiger partial charge in [0.1, 0.15) is 0 Å². The third-order valence-electron chi connectivity index (χ3n) is 5.27. The maximum Gasteiger partial charge on any atom is 0.228 e. The fourth-order valence-corrected chi connectivity index (χ4v) is 3.91. The van der Waals surface area contributed by atoms with E-state index in [0.717, 1.165) is 24.9 Å². The summed E-state index contributed by atoms with van der Waals surface area (Å²) in [6, 6.07) is 5.87. The molecule has 1 aromatic carbocycles. The second kappa shape index (κ2) is 7.33. The molecule has 25 heavy (non-hydrogen) atoms. The largest absolute Gasteiger partial charge is 0.493 e. The van der Waals surface area contributed by atoms with Crippen LogP contribution in [0.3, 0.4) is 0 Å². The maximum absolute atomic E-state index is 13.0. The lowest BCUT2D eigenvalue weighted by Gasteiger charge is -2.28. The molecule has 0 spiro atoms. The molecule has 3 rings (SSSR count). The highest BCUT2D eigenvalue weighted by molar-refractivity contribution is 5.89. The summed E-state index contributed by atoms with van der Waals surface area (Å²) >= 11 is 0. The summed E-state index contributed by atoms with van der Waals surface area (Å²) in [4.78, 5) is 28.7. The highest BCUT2D eigenvalue weighted by Gasteiger charge is 2.39. The first kappa shape index (κ1) is 17.6. The third kappa shape index (κ3) is 3.30. The molecule has 2 saturated heterocycles. The van der Waals surface area contributed by atoms with Gasteiger partial charge in [-0.25, -0.2) is 0 Å². The van der Waals surface area contributed by atoms with E-state index >= 15 is 0 Å². The minimum absolute atomic E-state index is 0.0399. The molecule has 0 aliphatic carbocycles. The quantitative estimate of drug-likeness (QED) is 0.820. The van der Waals surface area contributed by atoms with Crippen LogP contribution in [0.4, 0.5) is 0 Å². The Balaban J connectivity index is 1.79. The number of hydrogen-bond donors (Lipinski definition) is 0. The average molecular weight is 346 g/mol. The molecule has 2 heterocycles. The minimum atomic E-state index is -0.215. The Hall–Kier alpha value is -2.24. The van der Waals surface area contributed by atoms with Crippen LogP contribution in [-0.4, -0.2) is 55.5 Å². The molecule has 2 fully saturated rings. The van der Waals surface area contributed by atoms with Crippen molar-refractivity contribution in [1.82, 2.24) is 9.80 Å². The molecule has 0 unspecified atom stereocenters. The van der Waals surface area contributed by atoms with Gasteiger partial charge in [0.05, 0.1) is 26.2 Å². The minimum Gasteiger partial charge on any atom is -0.493 e. The SMILES string of the molecule is CCN1C[C@H](C(=O)N2CCC[C@@H]2c2ccc(OC)c(OC)c2)CC1=O. The van der Waals surface area contributed by atoms with Gasteiger partial charge in [-0.15, -0.1) is 0 Å². The molecular formula is C19H26N2O4. The predicted molar refractivity (Wildman–Crippen MR) is 93.6 cm³/mol. The summed E-state index contributed by atoms with van der Waals surface area (Å²) in [6.07, 6.45) is 2.24. The molecule has 0 N–H and O–H groups in total. The molecule has 0 aromatic heterocycles. The second-order valence-corrected chi connectivity index (χ2v) is 6.64. The van der Waals surface area contributed by atoms with E-state index < -0.39 is 0 Å². The first-order valence-corrected chi connectivity index (χ1v) is 8.89. The smallest absolute Gasteiger partial charge is 0.228 e. The lowest BCUT2D eigenvalue weighted by Crippen LogP contribution is -2.37. The van der Waals surface area contributed by atoms with Crippen LogP contribution >= 0.6 is 0 Å². The second-order valence-electron chi connectivity index (χ2n) is 6.64. The van der Waals surface area contributed by atoms with E-state index in [4.69, 9.17) is 9.47 Å². The molecule has 2 aliphatic heterocycles. The zero-order valence-electron chi connectivity index (χ0n) is 15.2. The van der Waals surface area contributed by atoms with Crippen LogP contribution in [0, 0.1) is 5.92 Å². The molecule has 2 aliphatic rings. The molecule has 2 amide bonds. The Labute approximate surface area is 148 Å². The Bertz CT molecular complexity index is 661. The van der Waals surface area contributed by atoms with Gasteiger partial charge < -0.3 is 19.3 Å². The zero-order valence-corrected chi connectivity index (χ0v) is 15.2. The predicted octanol–water partition coefficient (Wildman–Crippen LogP) is 2.24. The van der Waals surface area contributed by atoms with Gasteiger partial charge in [-0.1, -0.05) is 6.07 Å². The van der Waals surface area contributed by atoms with E-state index in [-0.39, 0.29) is 23.8 Å². The molecule has 0 saturated carbocycles. The lowest BCUT2D eigenvalue weighted by atomic mass is 10.0. The Kier molecular flexibility index (Phi) is 5.16. The van der Waals surface area contributed by atoms with Crippen molar-refractivity contribution in [1.29, 1.82) is 0 Å². The summed E-state index contributed by atoms with van der Waals surface area (Å²) < 4.78 is 10.7. The first-order valence-electron chi connectivity index (χ1n) is 8.89. The number of ether oxygens (including phenoxy) is 2. The van der Waals surface area contributed by atoms with E-state index in [1.54, 1.807) is 19.1 Å². The summed E-state index contributed by atoms with van der Waals surface area (Å²) in [5, 5.41) is 0. The fraction of sp³-hybridized carbons (Fsp3) is 0.579. The summed E-state index contributed by atoms with van der Waals surface area (Å²) in [5.41, 5.74) is 1.06. The summed E-state index contributed by atoms with van der Waals surface area (Å²) in [5.74, 6) is 1.33. The molecule has 6 nitrogen and oxygen atoms in total. The van der Waals surface area contributed by atoms with Crippen LogP contribution < -0.4 is 9.47 Å². The van der Waals surface area contributed by atoms with Crippen molar-refractivity contribution in [2.24, 2.45) is 5.92 Å². The normalized spacial score (nSPS) is 23.2. The average Bonchev–Trinajstić information content (AvgIpc) is 3.27. The van der Waals surface area contributed by atoms with Gasteiger partial charge in [-0.3, -0.25) is 9.59 Å². The van der Waals surface area contributed by atoms with Gasteiger partial charge >= 0.3 is 0 Å². The van der Waals surface area contributed by atoms with Crippen molar-refractivity contribution >= 4 is 11.8 Å². The van der Waals surface area contributed by atoms with E-state index in [1.807, 2.05) is 30.0 Å². The van der Waals surface area contributed by atoms with Crippen LogP contribution in [-0.2, 0) is 9.59 Å². The Morgan fingerprint density at radius 2 is 2.00 bits per heavy atom. The van der Waals surface area contributed by atoms with Crippen molar-refractivity contribution in [2.45, 2.75) is 32.2 Å². The van der Waals surface area contributed by atoms with Crippen LogP contribution in [0.5, 0.6) is 11.5 Å². The number of likely N-dealkylation sites (tertiary alicyclic amines) is 2. The molecule has 6 heteroatoms. The van der Waals surface area contributed by atoms with Crippen LogP contribution in [0.25, 0.3) is 0 Å². The van der Waals surface area contributed by atoms with E-state index in [2.05, 4.69) is 0 Å². The van der Waals surface area contributed by atoms with E-state index in [0.29, 0.717) is 31.0 Å². The van der Waals surface area contributed by atoms with Crippen molar-refractivity contribution in [2.75, 3.05) is 33.9 Å². The van der Waals surface area contributed by atoms with Gasteiger partial charge in [0.25, 0.3) is 0 Å². The zero-order chi connectivity index (χ0) is 18.0. The monoisotopic (exact) mass is 346 g/mol. The molecule has 1 aromatic rings. The summed E-state index contributed by atoms with van der Waals surface area (Å²) in [6.45, 7) is 3.91. The number of methoxy groups -OCH3 is 2. The number of nitrogens with zero attached hydrogens (tertiary/aromatic N) is 2. The highest BCUT2D eigenvalue weighted by Crippen LogP contribution is 2.38. The van der Waals surface area contributed by atoms with Gasteiger partial charge in [0.2, 0.25) is 11.8 Å². The third-order valence-corrected chi connectivity index (χ3v) is 5.27. The molecular weight excluding hydrogens is 320 g/mol. The molecule has 2 atom stereocenters. The number of hydrogen-bond acceptors (Lipinski definition) is 4. The van der Waals surface area contributed by atoms with Crippen molar-refractivity contribution < 1.29 is 19.1 Å². The van der Waals surface area contributed by atoms with Gasteiger partial charge in [-0.2, -0.15) is 0 Å². The standard InChI is InChI=1S/C19H26N2O4/c1-4-20-12-14(11-18(20)22)19(23)21-9-5-6-15(21)13-7-8-16(24-2)17(10-13)25-3/h7-8,10,14-15H,4-6,9,11-12H2,1-3H3/t14-,15-/m1/s1. The number of amides is 2. The van der Waals surface area contributed by atoms with E-state index in [1.165, 1.54) is 0 Å². The molecule has 0 radical (unpaired) electrons. The van der Waals surface area contributed by atoms with Crippen LogP contribution in [0.15, 0.2) is 18.2 Å². The molecule has 0 bridgehead atoms. The number of rotatable bonds is 5. The lowest BCUT2D eigenvalue weighted by molar-refractivity contribution is -0.136. The Morgan fingerprint density at radius 1 is 1.24 bits per heavy atom. The van der Waals surface area contributed by atoms with Gasteiger partial charge in [0.15, 0.2) is 11.5 Å². The van der Waals surface area contributed by atoms with Crippen molar-refractivity contribution in [3.05, 3.63) is 23.8 Å². The summed E-state index contributed by atoms with van der Waals surface area (Å²) in [7, 11) is 3.22. The highest BCUT2D eigenvalue weighted by atomic mass is 16.5. The van der Waals surface area contributed by atoms with E-state index in [9.17, 15) is 9.59 Å². The van der Waals surface area contributed by atoms with Crippen LogP contribution in [0.1, 0.15) is 37.8 Å². The van der Waals surface area contributed by atoms with Gasteiger partial charge in [-0.05, 0) is 37.5 Å². The Morgan fingerprint density at radius 3 is 2.64 bits per heavy atom. The van der Waals surface area contributed by atoms with Crippen LogP contribution in [0.2, 0.25) is 0 Å². The number of carbonyl (C=O) groups is 2. The maximum atomic E-state index is 13.0.